The average molecular weight is 384 g/mol. The molecule has 22 heavy (non-hydrogen) atoms. The van der Waals surface area contributed by atoms with Gasteiger partial charge < -0.3 is 9.84 Å². The van der Waals surface area contributed by atoms with Crippen LogP contribution in [0.2, 0.25) is 5.02 Å². The quantitative estimate of drug-likeness (QED) is 0.614. The molecule has 2 aromatic carbocycles. The lowest BCUT2D eigenvalue weighted by atomic mass is 10.2. The number of ether oxygens (including phenoxy) is 1. The zero-order chi connectivity index (χ0) is 15.9. The molecule has 114 valence electrons. The molecule has 0 saturated heterocycles. The number of aromatic hydroxyl groups is 1. The predicted molar refractivity (Wildman–Crippen MR) is 88.5 cm³/mol. The lowest BCUT2D eigenvalue weighted by molar-refractivity contribution is -0.123. The number of amides is 1. The molecule has 0 aliphatic rings. The Balaban J connectivity index is 1.83. The summed E-state index contributed by atoms with van der Waals surface area (Å²) in [5, 5.41) is 13.6. The number of hydrazone groups is 1. The molecule has 2 rings (SSSR count). The summed E-state index contributed by atoms with van der Waals surface area (Å²) in [6.07, 6.45) is 1.46. The van der Waals surface area contributed by atoms with Crippen LogP contribution in [0, 0.1) is 0 Å². The molecule has 0 bridgehead atoms. The monoisotopic (exact) mass is 382 g/mol. The third-order valence-electron chi connectivity index (χ3n) is 2.57. The van der Waals surface area contributed by atoms with E-state index in [1.165, 1.54) is 12.3 Å². The molecule has 0 fully saturated rings. The van der Waals surface area contributed by atoms with Crippen LogP contribution in [-0.2, 0) is 4.79 Å². The van der Waals surface area contributed by atoms with Crippen LogP contribution in [0.5, 0.6) is 11.5 Å². The van der Waals surface area contributed by atoms with Crippen molar-refractivity contribution in [2.75, 3.05) is 6.61 Å². The number of nitrogens with one attached hydrogen (secondary N) is 1. The van der Waals surface area contributed by atoms with E-state index in [-0.39, 0.29) is 12.4 Å². The SMILES string of the molecule is O=C(COc1ccccc1Cl)N/N=C/c1ccc(O)c(Br)c1. The van der Waals surface area contributed by atoms with Crippen LogP contribution < -0.4 is 10.2 Å². The highest BCUT2D eigenvalue weighted by Crippen LogP contribution is 2.24. The number of carbonyl (C=O) groups is 1. The summed E-state index contributed by atoms with van der Waals surface area (Å²) in [5.74, 6) is 0.161. The van der Waals surface area contributed by atoms with Gasteiger partial charge in [0, 0.05) is 0 Å². The Labute approximate surface area is 140 Å². The summed E-state index contributed by atoms with van der Waals surface area (Å²) < 4.78 is 5.82. The van der Waals surface area contributed by atoms with Crippen LogP contribution >= 0.6 is 27.5 Å². The second kappa shape index (κ2) is 7.82. The van der Waals surface area contributed by atoms with E-state index in [1.807, 2.05) is 0 Å². The second-order valence-corrected chi connectivity index (χ2v) is 5.48. The topological polar surface area (TPSA) is 70.9 Å². The maximum Gasteiger partial charge on any atom is 0.277 e. The Morgan fingerprint density at radius 2 is 2.14 bits per heavy atom. The fourth-order valence-electron chi connectivity index (χ4n) is 1.52. The van der Waals surface area contributed by atoms with Crippen molar-refractivity contribution in [3.8, 4) is 11.5 Å². The predicted octanol–water partition coefficient (Wildman–Crippen LogP) is 3.34. The minimum Gasteiger partial charge on any atom is -0.507 e. The summed E-state index contributed by atoms with van der Waals surface area (Å²) >= 11 is 9.10. The van der Waals surface area contributed by atoms with Gasteiger partial charge in [-0.25, -0.2) is 5.43 Å². The molecular weight excluding hydrogens is 372 g/mol. The summed E-state index contributed by atoms with van der Waals surface area (Å²) in [7, 11) is 0. The van der Waals surface area contributed by atoms with Crippen molar-refractivity contribution >= 4 is 39.7 Å². The molecule has 0 atom stereocenters. The van der Waals surface area contributed by atoms with Gasteiger partial charge in [0.15, 0.2) is 6.61 Å². The lowest BCUT2D eigenvalue weighted by Gasteiger charge is -2.06. The van der Waals surface area contributed by atoms with Crippen LogP contribution in [0.15, 0.2) is 52.0 Å². The number of para-hydroxylation sites is 1. The van der Waals surface area contributed by atoms with Gasteiger partial charge in [-0.1, -0.05) is 23.7 Å². The van der Waals surface area contributed by atoms with Gasteiger partial charge in [0.05, 0.1) is 15.7 Å². The molecule has 0 saturated carbocycles. The fourth-order valence-corrected chi connectivity index (χ4v) is 2.11. The first-order chi connectivity index (χ1) is 10.6. The minimum absolute atomic E-state index is 0.134. The highest BCUT2D eigenvalue weighted by molar-refractivity contribution is 9.10. The molecule has 0 aliphatic heterocycles. The smallest absolute Gasteiger partial charge is 0.277 e. The minimum atomic E-state index is -0.408. The summed E-state index contributed by atoms with van der Waals surface area (Å²) in [5.41, 5.74) is 3.06. The van der Waals surface area contributed by atoms with Crippen molar-refractivity contribution in [3.63, 3.8) is 0 Å². The van der Waals surface area contributed by atoms with Crippen LogP contribution in [0.25, 0.3) is 0 Å². The molecule has 1 amide bonds. The number of phenols is 1. The van der Waals surface area contributed by atoms with Crippen molar-refractivity contribution < 1.29 is 14.6 Å². The van der Waals surface area contributed by atoms with Crippen LogP contribution in [0.1, 0.15) is 5.56 Å². The second-order valence-electron chi connectivity index (χ2n) is 4.22. The Morgan fingerprint density at radius 1 is 1.36 bits per heavy atom. The molecule has 2 aromatic rings. The van der Waals surface area contributed by atoms with Gasteiger partial charge >= 0.3 is 0 Å². The molecule has 0 spiro atoms. The van der Waals surface area contributed by atoms with E-state index in [2.05, 4.69) is 26.5 Å². The van der Waals surface area contributed by atoms with Gasteiger partial charge in [-0.3, -0.25) is 4.79 Å². The van der Waals surface area contributed by atoms with E-state index in [9.17, 15) is 9.90 Å². The number of rotatable bonds is 5. The van der Waals surface area contributed by atoms with E-state index in [1.54, 1.807) is 36.4 Å². The van der Waals surface area contributed by atoms with Crippen LogP contribution in [0.4, 0.5) is 0 Å². The first-order valence-electron chi connectivity index (χ1n) is 6.24. The first kappa shape index (κ1) is 16.3. The number of benzene rings is 2. The molecule has 5 nitrogen and oxygen atoms in total. The molecule has 0 radical (unpaired) electrons. The van der Waals surface area contributed by atoms with Gasteiger partial charge in [-0.05, 0) is 51.8 Å². The third-order valence-corrected chi connectivity index (χ3v) is 3.52. The van der Waals surface area contributed by atoms with E-state index < -0.39 is 5.91 Å². The van der Waals surface area contributed by atoms with E-state index in [0.717, 1.165) is 5.56 Å². The molecule has 7 heteroatoms. The Hall–Kier alpha value is -2.05. The van der Waals surface area contributed by atoms with E-state index in [4.69, 9.17) is 16.3 Å². The summed E-state index contributed by atoms with van der Waals surface area (Å²) in [4.78, 5) is 11.6. The first-order valence-corrected chi connectivity index (χ1v) is 7.41. The molecule has 2 N–H and O–H groups in total. The van der Waals surface area contributed by atoms with Crippen molar-refractivity contribution in [1.29, 1.82) is 0 Å². The summed E-state index contributed by atoms with van der Waals surface area (Å²) in [6.45, 7) is -0.194. The van der Waals surface area contributed by atoms with Gasteiger partial charge in [-0.15, -0.1) is 0 Å². The average Bonchev–Trinajstić information content (AvgIpc) is 2.50. The number of carbonyl (C=O) groups excluding carboxylic acids is 1. The van der Waals surface area contributed by atoms with Crippen molar-refractivity contribution in [1.82, 2.24) is 5.43 Å². The number of phenolic OH excluding ortho intramolecular Hbond substituents is 1. The number of nitrogens with zero attached hydrogens (tertiary/aromatic N) is 1. The zero-order valence-electron chi connectivity index (χ0n) is 11.3. The summed E-state index contributed by atoms with van der Waals surface area (Å²) in [6, 6.07) is 11.7. The third kappa shape index (κ3) is 4.75. The van der Waals surface area contributed by atoms with E-state index >= 15 is 0 Å². The molecule has 0 aliphatic carbocycles. The highest BCUT2D eigenvalue weighted by atomic mass is 79.9. The Morgan fingerprint density at radius 3 is 2.86 bits per heavy atom. The zero-order valence-corrected chi connectivity index (χ0v) is 13.6. The van der Waals surface area contributed by atoms with Crippen LogP contribution in [0.3, 0.4) is 0 Å². The number of halogens is 2. The Bertz CT molecular complexity index is 707. The van der Waals surface area contributed by atoms with E-state index in [0.29, 0.717) is 15.2 Å². The Kier molecular flexibility index (Phi) is 5.80. The largest absolute Gasteiger partial charge is 0.507 e. The van der Waals surface area contributed by atoms with Gasteiger partial charge in [0.2, 0.25) is 0 Å². The number of hydrogen-bond acceptors (Lipinski definition) is 4. The standard InChI is InChI=1S/C15H12BrClN2O3/c16-11-7-10(5-6-13(11)20)8-18-19-15(21)9-22-14-4-2-1-3-12(14)17/h1-8,20H,9H2,(H,19,21)/b18-8+. The van der Waals surface area contributed by atoms with Crippen molar-refractivity contribution in [2.24, 2.45) is 5.10 Å². The maximum absolute atomic E-state index is 11.6. The maximum atomic E-state index is 11.6. The molecule has 0 unspecified atom stereocenters. The molecule has 0 aromatic heterocycles. The highest BCUT2D eigenvalue weighted by Gasteiger charge is 2.04. The molecule has 0 heterocycles. The van der Waals surface area contributed by atoms with Gasteiger partial charge in [-0.2, -0.15) is 5.10 Å². The lowest BCUT2D eigenvalue weighted by Crippen LogP contribution is -2.24. The van der Waals surface area contributed by atoms with Gasteiger partial charge in [0.25, 0.3) is 5.91 Å². The van der Waals surface area contributed by atoms with Gasteiger partial charge in [0.1, 0.15) is 11.5 Å². The van der Waals surface area contributed by atoms with Crippen molar-refractivity contribution in [3.05, 3.63) is 57.5 Å². The fraction of sp³-hybridized carbons (Fsp3) is 0.0667. The normalized spacial score (nSPS) is 10.6. The molecular formula is C15H12BrClN2O3. The number of hydrogen-bond donors (Lipinski definition) is 2. The van der Waals surface area contributed by atoms with Crippen molar-refractivity contribution in [2.45, 2.75) is 0 Å². The van der Waals surface area contributed by atoms with Crippen LogP contribution in [-0.4, -0.2) is 23.8 Å².